The number of likely N-dealkylation sites (tertiary alicyclic amines) is 1. The monoisotopic (exact) mass is 527 g/mol. The van der Waals surface area contributed by atoms with E-state index in [-0.39, 0.29) is 29.7 Å². The molecule has 182 valence electrons. The van der Waals surface area contributed by atoms with E-state index in [0.717, 1.165) is 22.0 Å². The Morgan fingerprint density at radius 2 is 1.88 bits per heavy atom. The molecule has 1 aromatic rings. The van der Waals surface area contributed by atoms with Crippen molar-refractivity contribution in [2.24, 2.45) is 5.92 Å². The van der Waals surface area contributed by atoms with Crippen molar-refractivity contribution in [3.05, 3.63) is 70.3 Å². The van der Waals surface area contributed by atoms with Crippen LogP contribution in [0.15, 0.2) is 64.7 Å². The molecule has 1 aromatic carbocycles. The highest BCUT2D eigenvalue weighted by atomic mass is 79.9. The quantitative estimate of drug-likeness (QED) is 0.539. The summed E-state index contributed by atoms with van der Waals surface area (Å²) in [5.74, 6) is -0.601. The van der Waals surface area contributed by atoms with Gasteiger partial charge in [0, 0.05) is 23.1 Å². The average molecular weight is 528 g/mol. The molecule has 1 N–H and O–H groups in total. The van der Waals surface area contributed by atoms with Crippen molar-refractivity contribution in [2.75, 3.05) is 13.1 Å². The predicted molar refractivity (Wildman–Crippen MR) is 138 cm³/mol. The summed E-state index contributed by atoms with van der Waals surface area (Å²) in [4.78, 5) is 43.4. The Morgan fingerprint density at radius 3 is 2.47 bits per heavy atom. The van der Waals surface area contributed by atoms with Gasteiger partial charge in [0.1, 0.15) is 12.1 Å². The smallest absolute Gasteiger partial charge is 0.255 e. The Balaban J connectivity index is 1.77. The summed E-state index contributed by atoms with van der Waals surface area (Å²) in [7, 11) is 0. The molecule has 3 amide bonds. The summed E-state index contributed by atoms with van der Waals surface area (Å²) in [6.45, 7) is 12.4. The molecule has 3 rings (SSSR count). The van der Waals surface area contributed by atoms with Gasteiger partial charge in [-0.2, -0.15) is 0 Å². The fraction of sp³-hybridized carbons (Fsp3) is 0.444. The first kappa shape index (κ1) is 25.9. The van der Waals surface area contributed by atoms with Crippen LogP contribution < -0.4 is 5.32 Å². The lowest BCUT2D eigenvalue weighted by atomic mass is 10.00. The van der Waals surface area contributed by atoms with E-state index in [1.54, 1.807) is 15.9 Å². The zero-order chi connectivity index (χ0) is 25.0. The summed E-state index contributed by atoms with van der Waals surface area (Å²) >= 11 is 3.43. The minimum atomic E-state index is -0.637. The normalized spacial score (nSPS) is 20.4. The van der Waals surface area contributed by atoms with Gasteiger partial charge in [0.25, 0.3) is 5.91 Å². The maximum atomic E-state index is 13.8. The number of carbonyl (C=O) groups is 3. The molecule has 2 heterocycles. The first-order valence-corrected chi connectivity index (χ1v) is 12.6. The van der Waals surface area contributed by atoms with Crippen LogP contribution in [0.1, 0.15) is 52.1 Å². The summed E-state index contributed by atoms with van der Waals surface area (Å²) in [6.07, 6.45) is 6.72. The zero-order valence-corrected chi connectivity index (χ0v) is 22.0. The van der Waals surface area contributed by atoms with Crippen LogP contribution in [0.2, 0.25) is 0 Å². The second kappa shape index (κ2) is 11.2. The van der Waals surface area contributed by atoms with Crippen molar-refractivity contribution >= 4 is 33.7 Å². The van der Waals surface area contributed by atoms with Gasteiger partial charge in [-0.1, -0.05) is 66.7 Å². The van der Waals surface area contributed by atoms with Gasteiger partial charge in [0.15, 0.2) is 0 Å². The number of benzene rings is 1. The van der Waals surface area contributed by atoms with Crippen LogP contribution in [-0.4, -0.2) is 52.7 Å². The van der Waals surface area contributed by atoms with E-state index in [9.17, 15) is 14.4 Å². The van der Waals surface area contributed by atoms with Crippen LogP contribution in [0.3, 0.4) is 0 Å². The van der Waals surface area contributed by atoms with E-state index < -0.39 is 12.1 Å². The maximum absolute atomic E-state index is 13.8. The highest BCUT2D eigenvalue weighted by Gasteiger charge is 2.43. The third-order valence-electron chi connectivity index (χ3n) is 6.54. The molecule has 1 fully saturated rings. The molecule has 0 aromatic heterocycles. The van der Waals surface area contributed by atoms with Gasteiger partial charge in [-0.25, -0.2) is 0 Å². The SMILES string of the molecule is C=CC1=C(/C=C\C)CN(C(C(=O)N2CCCC2C(=O)NC(C)c2ccc(Br)cc2)C(C)C)C1=O. The Morgan fingerprint density at radius 1 is 1.21 bits per heavy atom. The van der Waals surface area contributed by atoms with Crippen LogP contribution in [0, 0.1) is 5.92 Å². The lowest BCUT2D eigenvalue weighted by Crippen LogP contribution is -2.56. The van der Waals surface area contributed by atoms with Crippen molar-refractivity contribution in [1.82, 2.24) is 15.1 Å². The Kier molecular flexibility index (Phi) is 8.52. The van der Waals surface area contributed by atoms with E-state index in [1.807, 2.05) is 64.1 Å². The molecule has 1 saturated heterocycles. The molecule has 2 aliphatic heterocycles. The highest BCUT2D eigenvalue weighted by molar-refractivity contribution is 9.10. The van der Waals surface area contributed by atoms with E-state index in [4.69, 9.17) is 0 Å². The minimum absolute atomic E-state index is 0.0986. The number of amides is 3. The largest absolute Gasteiger partial charge is 0.348 e. The molecule has 6 nitrogen and oxygen atoms in total. The van der Waals surface area contributed by atoms with Gasteiger partial charge < -0.3 is 15.1 Å². The zero-order valence-electron chi connectivity index (χ0n) is 20.4. The molecule has 0 radical (unpaired) electrons. The molecule has 0 aliphatic carbocycles. The van der Waals surface area contributed by atoms with Crippen molar-refractivity contribution in [2.45, 2.75) is 58.7 Å². The number of hydrogen-bond acceptors (Lipinski definition) is 3. The summed E-state index contributed by atoms with van der Waals surface area (Å²) in [5.41, 5.74) is 2.39. The number of carbonyl (C=O) groups excluding carboxylic acids is 3. The van der Waals surface area contributed by atoms with Crippen LogP contribution in [0.25, 0.3) is 0 Å². The van der Waals surface area contributed by atoms with E-state index in [2.05, 4.69) is 27.8 Å². The lowest BCUT2D eigenvalue weighted by molar-refractivity contribution is -0.147. The molecule has 3 unspecified atom stereocenters. The summed E-state index contributed by atoms with van der Waals surface area (Å²) < 4.78 is 0.977. The van der Waals surface area contributed by atoms with Crippen molar-refractivity contribution in [1.29, 1.82) is 0 Å². The third-order valence-corrected chi connectivity index (χ3v) is 7.07. The van der Waals surface area contributed by atoms with Crippen LogP contribution in [0.4, 0.5) is 0 Å². The van der Waals surface area contributed by atoms with Gasteiger partial charge in [-0.15, -0.1) is 0 Å². The summed E-state index contributed by atoms with van der Waals surface area (Å²) in [6, 6.07) is 6.46. The van der Waals surface area contributed by atoms with Gasteiger partial charge in [0.05, 0.1) is 6.04 Å². The number of allylic oxidation sites excluding steroid dienone is 1. The van der Waals surface area contributed by atoms with Crippen LogP contribution >= 0.6 is 15.9 Å². The average Bonchev–Trinajstić information content (AvgIpc) is 3.39. The molecule has 0 saturated carbocycles. The Labute approximate surface area is 210 Å². The van der Waals surface area contributed by atoms with Gasteiger partial charge in [-0.05, 0) is 55.9 Å². The molecular formula is C27H34BrN3O3. The van der Waals surface area contributed by atoms with Crippen LogP contribution in [-0.2, 0) is 14.4 Å². The lowest BCUT2D eigenvalue weighted by Gasteiger charge is -2.35. The molecule has 0 spiro atoms. The molecule has 3 atom stereocenters. The second-order valence-electron chi connectivity index (χ2n) is 9.24. The maximum Gasteiger partial charge on any atom is 0.255 e. The van der Waals surface area contributed by atoms with Crippen LogP contribution in [0.5, 0.6) is 0 Å². The predicted octanol–water partition coefficient (Wildman–Crippen LogP) is 4.54. The van der Waals surface area contributed by atoms with E-state index in [0.29, 0.717) is 25.1 Å². The Bertz CT molecular complexity index is 1010. The van der Waals surface area contributed by atoms with Crippen molar-refractivity contribution < 1.29 is 14.4 Å². The first-order chi connectivity index (χ1) is 16.2. The van der Waals surface area contributed by atoms with E-state index >= 15 is 0 Å². The highest BCUT2D eigenvalue weighted by Crippen LogP contribution is 2.29. The van der Waals surface area contributed by atoms with E-state index in [1.165, 1.54) is 0 Å². The minimum Gasteiger partial charge on any atom is -0.348 e. The number of hydrogen-bond donors (Lipinski definition) is 1. The fourth-order valence-corrected chi connectivity index (χ4v) is 5.08. The van der Waals surface area contributed by atoms with Gasteiger partial charge in [0.2, 0.25) is 11.8 Å². The molecular weight excluding hydrogens is 494 g/mol. The topological polar surface area (TPSA) is 69.7 Å². The molecule has 34 heavy (non-hydrogen) atoms. The molecule has 2 aliphatic rings. The van der Waals surface area contributed by atoms with Gasteiger partial charge in [-0.3, -0.25) is 14.4 Å². The summed E-state index contributed by atoms with van der Waals surface area (Å²) in [5, 5.41) is 3.07. The Hall–Kier alpha value is -2.67. The fourth-order valence-electron chi connectivity index (χ4n) is 4.82. The first-order valence-electron chi connectivity index (χ1n) is 11.8. The molecule has 7 heteroatoms. The van der Waals surface area contributed by atoms with Crippen molar-refractivity contribution in [3.63, 3.8) is 0 Å². The number of rotatable bonds is 8. The second-order valence-corrected chi connectivity index (χ2v) is 10.2. The number of halogens is 1. The molecule has 0 bridgehead atoms. The van der Waals surface area contributed by atoms with Crippen molar-refractivity contribution in [3.8, 4) is 0 Å². The third kappa shape index (κ3) is 5.35. The number of nitrogens with one attached hydrogen (secondary N) is 1. The standard InChI is InChI=1S/C27H34BrN3O3/c1-6-9-20-16-31(26(33)22(20)7-2)24(17(3)4)27(34)30-15-8-10-23(30)25(32)29-18(5)19-11-13-21(28)14-12-19/h6-7,9,11-14,17-18,23-24H,2,8,10,15-16H2,1,3-5H3,(H,29,32)/b9-6-. The number of nitrogens with zero attached hydrogens (tertiary/aromatic N) is 2. The van der Waals surface area contributed by atoms with Gasteiger partial charge >= 0.3 is 0 Å².